The molecule has 1 aromatic heterocycles. The Morgan fingerprint density at radius 3 is 2.58 bits per heavy atom. The molecule has 0 radical (unpaired) electrons. The van der Waals surface area contributed by atoms with Gasteiger partial charge in [0.2, 0.25) is 0 Å². The topological polar surface area (TPSA) is 59.4 Å². The van der Waals surface area contributed by atoms with Gasteiger partial charge >= 0.3 is 5.97 Å². The van der Waals surface area contributed by atoms with Crippen molar-refractivity contribution in [3.05, 3.63) is 34.7 Å². The number of nitrogens with zero attached hydrogens (tertiary/aromatic N) is 1. The highest BCUT2D eigenvalue weighted by atomic mass is 32.1. The second-order valence-corrected chi connectivity index (χ2v) is 5.32. The normalized spacial score (nSPS) is 10.7. The van der Waals surface area contributed by atoms with Crippen molar-refractivity contribution in [2.24, 2.45) is 0 Å². The molecule has 0 spiro atoms. The molecule has 0 bridgehead atoms. The highest BCUT2D eigenvalue weighted by Gasteiger charge is 2.07. The lowest BCUT2D eigenvalue weighted by Gasteiger charge is -2.03. The summed E-state index contributed by atoms with van der Waals surface area (Å²) in [6.45, 7) is 3.91. The third-order valence-electron chi connectivity index (χ3n) is 2.53. The maximum Gasteiger partial charge on any atom is 0.341 e. The summed E-state index contributed by atoms with van der Waals surface area (Å²) in [7, 11) is 0. The summed E-state index contributed by atoms with van der Waals surface area (Å²) in [5.41, 5.74) is 1.95. The first-order valence-corrected chi connectivity index (χ1v) is 6.84. The van der Waals surface area contributed by atoms with Crippen LogP contribution in [0, 0.1) is 0 Å². The number of thiazole rings is 1. The van der Waals surface area contributed by atoms with Gasteiger partial charge in [0, 0.05) is 16.9 Å². The van der Waals surface area contributed by atoms with Gasteiger partial charge in [0.25, 0.3) is 0 Å². The Bertz CT molecular complexity index is 560. The van der Waals surface area contributed by atoms with Crippen molar-refractivity contribution in [2.45, 2.75) is 19.8 Å². The van der Waals surface area contributed by atoms with E-state index in [-0.39, 0.29) is 6.61 Å². The molecule has 0 aliphatic carbocycles. The first kappa shape index (κ1) is 13.5. The zero-order valence-corrected chi connectivity index (χ0v) is 11.6. The number of hydrogen-bond acceptors (Lipinski definition) is 4. The van der Waals surface area contributed by atoms with Crippen LogP contribution < -0.4 is 4.74 Å². The van der Waals surface area contributed by atoms with Crippen LogP contribution in [0.3, 0.4) is 0 Å². The van der Waals surface area contributed by atoms with Crippen LogP contribution in [0.5, 0.6) is 5.75 Å². The van der Waals surface area contributed by atoms with Gasteiger partial charge in [-0.05, 0) is 24.3 Å². The van der Waals surface area contributed by atoms with Crippen LogP contribution >= 0.6 is 11.3 Å². The number of carbonyl (C=O) groups is 1. The van der Waals surface area contributed by atoms with Gasteiger partial charge in [-0.1, -0.05) is 13.8 Å². The fourth-order valence-electron chi connectivity index (χ4n) is 1.55. The summed E-state index contributed by atoms with van der Waals surface area (Å²) in [5.74, 6) is -0.00691. The van der Waals surface area contributed by atoms with Gasteiger partial charge in [0.1, 0.15) is 5.75 Å². The number of hydrogen-bond donors (Lipinski definition) is 1. The van der Waals surface area contributed by atoms with Gasteiger partial charge in [-0.2, -0.15) is 0 Å². The molecule has 1 heterocycles. The third-order valence-corrected chi connectivity index (χ3v) is 3.67. The van der Waals surface area contributed by atoms with E-state index in [9.17, 15) is 4.79 Å². The average molecular weight is 277 g/mol. The zero-order chi connectivity index (χ0) is 13.8. The Morgan fingerprint density at radius 1 is 1.37 bits per heavy atom. The lowest BCUT2D eigenvalue weighted by atomic mass is 10.1. The van der Waals surface area contributed by atoms with E-state index in [1.807, 2.05) is 17.5 Å². The number of rotatable bonds is 5. The SMILES string of the molecule is CC(C)c1nc(-c2ccc(OCC(=O)O)cc2)cs1. The summed E-state index contributed by atoms with van der Waals surface area (Å²) in [6, 6.07) is 7.28. The molecule has 4 nitrogen and oxygen atoms in total. The van der Waals surface area contributed by atoms with Gasteiger partial charge in [0.15, 0.2) is 6.61 Å². The minimum atomic E-state index is -0.981. The molecule has 1 aromatic carbocycles. The number of ether oxygens (including phenoxy) is 1. The molecule has 0 saturated heterocycles. The molecule has 0 atom stereocenters. The molecule has 1 N–H and O–H groups in total. The molecule has 0 unspecified atom stereocenters. The van der Waals surface area contributed by atoms with Gasteiger partial charge < -0.3 is 9.84 Å². The minimum absolute atomic E-state index is 0.326. The Hall–Kier alpha value is -1.88. The predicted molar refractivity (Wildman–Crippen MR) is 74.8 cm³/mol. The van der Waals surface area contributed by atoms with Gasteiger partial charge in [-0.25, -0.2) is 9.78 Å². The van der Waals surface area contributed by atoms with Crippen molar-refractivity contribution in [3.63, 3.8) is 0 Å². The van der Waals surface area contributed by atoms with Gasteiger partial charge in [-0.15, -0.1) is 11.3 Å². The molecule has 0 saturated carbocycles. The first-order valence-electron chi connectivity index (χ1n) is 5.96. The van der Waals surface area contributed by atoms with E-state index in [1.165, 1.54) is 0 Å². The van der Waals surface area contributed by atoms with Crippen LogP contribution in [-0.4, -0.2) is 22.7 Å². The van der Waals surface area contributed by atoms with Crippen molar-refractivity contribution in [1.82, 2.24) is 4.98 Å². The van der Waals surface area contributed by atoms with E-state index in [4.69, 9.17) is 9.84 Å². The number of benzene rings is 1. The van der Waals surface area contributed by atoms with Crippen molar-refractivity contribution in [3.8, 4) is 17.0 Å². The summed E-state index contributed by atoms with van der Waals surface area (Å²) in [5, 5.41) is 11.7. The second kappa shape index (κ2) is 5.84. The number of carboxylic acids is 1. The van der Waals surface area contributed by atoms with Crippen molar-refractivity contribution in [1.29, 1.82) is 0 Å². The lowest BCUT2D eigenvalue weighted by molar-refractivity contribution is -0.139. The minimum Gasteiger partial charge on any atom is -0.482 e. The van der Waals surface area contributed by atoms with Crippen LogP contribution in [0.15, 0.2) is 29.6 Å². The van der Waals surface area contributed by atoms with E-state index in [0.29, 0.717) is 11.7 Å². The largest absolute Gasteiger partial charge is 0.482 e. The highest BCUT2D eigenvalue weighted by molar-refractivity contribution is 7.10. The van der Waals surface area contributed by atoms with Crippen LogP contribution in [0.2, 0.25) is 0 Å². The lowest BCUT2D eigenvalue weighted by Crippen LogP contribution is -2.09. The van der Waals surface area contributed by atoms with E-state index in [0.717, 1.165) is 16.3 Å². The maximum atomic E-state index is 10.4. The Labute approximate surface area is 115 Å². The highest BCUT2D eigenvalue weighted by Crippen LogP contribution is 2.27. The van der Waals surface area contributed by atoms with Crippen LogP contribution in [-0.2, 0) is 4.79 Å². The van der Waals surface area contributed by atoms with Crippen LogP contribution in [0.25, 0.3) is 11.3 Å². The molecule has 19 heavy (non-hydrogen) atoms. The molecule has 0 fully saturated rings. The standard InChI is InChI=1S/C14H15NO3S/c1-9(2)14-15-12(8-19-14)10-3-5-11(6-4-10)18-7-13(16)17/h3-6,8-9H,7H2,1-2H3,(H,16,17). The number of carboxylic acid groups (broad SMARTS) is 1. The number of aromatic nitrogens is 1. The third kappa shape index (κ3) is 3.54. The van der Waals surface area contributed by atoms with E-state index in [1.54, 1.807) is 23.5 Å². The summed E-state index contributed by atoms with van der Waals surface area (Å²) in [4.78, 5) is 15.0. The number of aliphatic carboxylic acids is 1. The van der Waals surface area contributed by atoms with E-state index in [2.05, 4.69) is 18.8 Å². The summed E-state index contributed by atoms with van der Waals surface area (Å²) >= 11 is 1.65. The van der Waals surface area contributed by atoms with Crippen LogP contribution in [0.4, 0.5) is 0 Å². The van der Waals surface area contributed by atoms with Crippen molar-refractivity contribution < 1.29 is 14.6 Å². The molecule has 2 rings (SSSR count). The molecule has 5 heteroatoms. The zero-order valence-electron chi connectivity index (χ0n) is 10.8. The summed E-state index contributed by atoms with van der Waals surface area (Å²) < 4.78 is 5.08. The van der Waals surface area contributed by atoms with E-state index < -0.39 is 5.97 Å². The van der Waals surface area contributed by atoms with Crippen molar-refractivity contribution in [2.75, 3.05) is 6.61 Å². The summed E-state index contributed by atoms with van der Waals surface area (Å²) in [6.07, 6.45) is 0. The molecule has 0 aliphatic rings. The molecule has 0 aliphatic heterocycles. The Balaban J connectivity index is 2.10. The van der Waals surface area contributed by atoms with Gasteiger partial charge in [-0.3, -0.25) is 0 Å². The molecular formula is C14H15NO3S. The molecular weight excluding hydrogens is 262 g/mol. The monoisotopic (exact) mass is 277 g/mol. The fourth-order valence-corrected chi connectivity index (χ4v) is 2.40. The van der Waals surface area contributed by atoms with E-state index >= 15 is 0 Å². The average Bonchev–Trinajstić information content (AvgIpc) is 2.86. The first-order chi connectivity index (χ1) is 9.06. The fraction of sp³-hybridized carbons (Fsp3) is 0.286. The molecule has 100 valence electrons. The smallest absolute Gasteiger partial charge is 0.341 e. The van der Waals surface area contributed by atoms with Crippen LogP contribution in [0.1, 0.15) is 24.8 Å². The quantitative estimate of drug-likeness (QED) is 0.910. The second-order valence-electron chi connectivity index (χ2n) is 4.43. The Morgan fingerprint density at radius 2 is 2.05 bits per heavy atom. The predicted octanol–water partition coefficient (Wildman–Crippen LogP) is 3.40. The Kier molecular flexibility index (Phi) is 4.16. The maximum absolute atomic E-state index is 10.4. The van der Waals surface area contributed by atoms with Gasteiger partial charge in [0.05, 0.1) is 10.7 Å². The van der Waals surface area contributed by atoms with Crippen molar-refractivity contribution >= 4 is 17.3 Å². The molecule has 2 aromatic rings. The molecule has 0 amide bonds.